The van der Waals surface area contributed by atoms with E-state index in [9.17, 15) is 19.8 Å². The third-order valence-corrected chi connectivity index (χ3v) is 3.14. The smallest absolute Gasteiger partial charge is 0.349 e. The molecule has 8 heteroatoms. The Morgan fingerprint density at radius 1 is 1.56 bits per heavy atom. The molecule has 1 aromatic heterocycles. The predicted octanol–water partition coefficient (Wildman–Crippen LogP) is -0.540. The van der Waals surface area contributed by atoms with Crippen LogP contribution >= 0.6 is 11.3 Å². The minimum Gasteiger partial charge on any atom is -0.465 e. The third-order valence-electron chi connectivity index (χ3n) is 2.09. The molecule has 0 spiro atoms. The second-order valence-electron chi connectivity index (χ2n) is 3.50. The lowest BCUT2D eigenvalue weighted by atomic mass is 10.2. The molecule has 0 bridgehead atoms. The molecule has 3 N–H and O–H groups in total. The van der Waals surface area contributed by atoms with Crippen LogP contribution in [0.3, 0.4) is 0 Å². The molecule has 0 aliphatic rings. The lowest BCUT2D eigenvalue weighted by Crippen LogP contribution is -2.34. The van der Waals surface area contributed by atoms with Crippen molar-refractivity contribution < 1.29 is 24.5 Å². The summed E-state index contributed by atoms with van der Waals surface area (Å²) in [7, 11) is 1.24. The molecule has 0 fully saturated rings. The minimum atomic E-state index is -1.26. The van der Waals surface area contributed by atoms with Crippen molar-refractivity contribution in [2.75, 3.05) is 13.7 Å². The fourth-order valence-corrected chi connectivity index (χ4v) is 2.02. The van der Waals surface area contributed by atoms with E-state index in [1.165, 1.54) is 20.2 Å². The average Bonchev–Trinajstić information content (AvgIpc) is 2.83. The van der Waals surface area contributed by atoms with E-state index in [-0.39, 0.29) is 22.3 Å². The highest BCUT2D eigenvalue weighted by atomic mass is 32.1. The molecule has 0 aliphatic carbocycles. The number of methoxy groups -OCH3 is 1. The van der Waals surface area contributed by atoms with E-state index >= 15 is 0 Å². The largest absolute Gasteiger partial charge is 0.465 e. The summed E-state index contributed by atoms with van der Waals surface area (Å²) < 4.78 is 4.50. The van der Waals surface area contributed by atoms with Crippen LogP contribution in [0.2, 0.25) is 0 Å². The number of esters is 1. The molecule has 0 saturated carbocycles. The lowest BCUT2D eigenvalue weighted by molar-refractivity contribution is -0.119. The number of carbonyl (C=O) groups is 2. The van der Waals surface area contributed by atoms with Gasteiger partial charge in [0.05, 0.1) is 13.3 Å². The lowest BCUT2D eigenvalue weighted by Gasteiger charge is -2.15. The van der Waals surface area contributed by atoms with Gasteiger partial charge < -0.3 is 20.3 Å². The minimum absolute atomic E-state index is 0.0936. The Morgan fingerprint density at radius 2 is 2.22 bits per heavy atom. The van der Waals surface area contributed by atoms with E-state index in [1.54, 1.807) is 0 Å². The monoisotopic (exact) mass is 274 g/mol. The Hall–Kier alpha value is -1.51. The van der Waals surface area contributed by atoms with Crippen LogP contribution in [0.5, 0.6) is 0 Å². The summed E-state index contributed by atoms with van der Waals surface area (Å²) in [5.41, 5.74) is 0. The number of nitrogens with zero attached hydrogens (tertiary/aromatic N) is 1. The van der Waals surface area contributed by atoms with Gasteiger partial charge in [-0.15, -0.1) is 11.3 Å². The summed E-state index contributed by atoms with van der Waals surface area (Å²) in [6, 6.07) is 0. The first-order valence-corrected chi connectivity index (χ1v) is 5.92. The highest BCUT2D eigenvalue weighted by molar-refractivity contribution is 7.13. The van der Waals surface area contributed by atoms with Crippen LogP contribution in [-0.4, -0.2) is 46.8 Å². The normalized spacial score (nSPS) is 13.8. The van der Waals surface area contributed by atoms with Crippen molar-refractivity contribution in [3.63, 3.8) is 0 Å². The summed E-state index contributed by atoms with van der Waals surface area (Å²) in [4.78, 5) is 25.9. The number of amides is 1. The second kappa shape index (κ2) is 6.43. The molecule has 0 aromatic carbocycles. The van der Waals surface area contributed by atoms with Gasteiger partial charge in [0.2, 0.25) is 5.91 Å². The molecule has 0 aliphatic heterocycles. The molecule has 7 nitrogen and oxygen atoms in total. The number of thiazole rings is 1. The van der Waals surface area contributed by atoms with Crippen LogP contribution in [-0.2, 0) is 9.53 Å². The van der Waals surface area contributed by atoms with Crippen molar-refractivity contribution in [3.8, 4) is 0 Å². The standard InChI is InChI=1S/C10H14N2O5S/c1-5(13)11-3-6(14)8(15)9-12-4-7(18-9)10(16)17-2/h4,6,8,14-15H,3H2,1-2H3,(H,11,13). The second-order valence-corrected chi connectivity index (χ2v) is 4.57. The molecule has 1 heterocycles. The van der Waals surface area contributed by atoms with Crippen LogP contribution in [0.1, 0.15) is 27.7 Å². The zero-order valence-corrected chi connectivity index (χ0v) is 10.7. The molecule has 2 atom stereocenters. The van der Waals surface area contributed by atoms with Gasteiger partial charge in [-0.1, -0.05) is 0 Å². The number of aromatic nitrogens is 1. The zero-order valence-electron chi connectivity index (χ0n) is 9.91. The molecule has 100 valence electrons. The van der Waals surface area contributed by atoms with Gasteiger partial charge in [-0.25, -0.2) is 9.78 Å². The van der Waals surface area contributed by atoms with Crippen molar-refractivity contribution >= 4 is 23.2 Å². The number of aliphatic hydroxyl groups excluding tert-OH is 2. The van der Waals surface area contributed by atoms with Gasteiger partial charge in [-0.3, -0.25) is 4.79 Å². The van der Waals surface area contributed by atoms with Gasteiger partial charge in [0.25, 0.3) is 0 Å². The molecular weight excluding hydrogens is 260 g/mol. The maximum Gasteiger partial charge on any atom is 0.349 e. The Morgan fingerprint density at radius 3 is 2.78 bits per heavy atom. The molecule has 1 amide bonds. The van der Waals surface area contributed by atoms with Crippen molar-refractivity contribution in [1.29, 1.82) is 0 Å². The van der Waals surface area contributed by atoms with Crippen LogP contribution < -0.4 is 5.32 Å². The summed E-state index contributed by atoms with van der Waals surface area (Å²) in [5.74, 6) is -0.863. The first kappa shape index (κ1) is 14.6. The number of ether oxygens (including phenoxy) is 1. The van der Waals surface area contributed by atoms with E-state index in [0.29, 0.717) is 0 Å². The number of carbonyl (C=O) groups excluding carboxylic acids is 2. The number of nitrogens with one attached hydrogen (secondary N) is 1. The molecule has 2 unspecified atom stereocenters. The van der Waals surface area contributed by atoms with E-state index in [1.807, 2.05) is 0 Å². The van der Waals surface area contributed by atoms with E-state index in [2.05, 4.69) is 15.0 Å². The summed E-state index contributed by atoms with van der Waals surface area (Å²) in [5, 5.41) is 21.9. The topological polar surface area (TPSA) is 109 Å². The predicted molar refractivity (Wildman–Crippen MR) is 63.1 cm³/mol. The van der Waals surface area contributed by atoms with Gasteiger partial charge in [-0.2, -0.15) is 0 Å². The van der Waals surface area contributed by atoms with Gasteiger partial charge in [0, 0.05) is 13.5 Å². The Labute approximate surface area is 107 Å². The molecular formula is C10H14N2O5S. The van der Waals surface area contributed by atoms with Crippen molar-refractivity contribution in [2.45, 2.75) is 19.1 Å². The molecule has 18 heavy (non-hydrogen) atoms. The highest BCUT2D eigenvalue weighted by Crippen LogP contribution is 2.23. The van der Waals surface area contributed by atoms with E-state index in [4.69, 9.17) is 0 Å². The van der Waals surface area contributed by atoms with Gasteiger partial charge in [0.15, 0.2) is 0 Å². The van der Waals surface area contributed by atoms with Gasteiger partial charge in [0.1, 0.15) is 22.1 Å². The number of hydrogen-bond acceptors (Lipinski definition) is 7. The molecule has 1 aromatic rings. The summed E-state index contributed by atoms with van der Waals surface area (Å²) in [6.07, 6.45) is -1.19. The molecule has 0 saturated heterocycles. The molecule has 0 radical (unpaired) electrons. The molecule has 1 rings (SSSR count). The maximum absolute atomic E-state index is 11.2. The van der Waals surface area contributed by atoms with Crippen LogP contribution in [0.4, 0.5) is 0 Å². The first-order valence-electron chi connectivity index (χ1n) is 5.10. The highest BCUT2D eigenvalue weighted by Gasteiger charge is 2.23. The van der Waals surface area contributed by atoms with Crippen LogP contribution in [0, 0.1) is 0 Å². The van der Waals surface area contributed by atoms with Crippen LogP contribution in [0.15, 0.2) is 6.20 Å². The van der Waals surface area contributed by atoms with Crippen molar-refractivity contribution in [1.82, 2.24) is 10.3 Å². The van der Waals surface area contributed by atoms with Gasteiger partial charge >= 0.3 is 5.97 Å². The first-order chi connectivity index (χ1) is 8.45. The maximum atomic E-state index is 11.2. The van der Waals surface area contributed by atoms with E-state index < -0.39 is 18.2 Å². The fraction of sp³-hybridized carbons (Fsp3) is 0.500. The Balaban J connectivity index is 2.65. The number of hydrogen-bond donors (Lipinski definition) is 3. The fourth-order valence-electron chi connectivity index (χ4n) is 1.14. The Kier molecular flexibility index (Phi) is 5.20. The summed E-state index contributed by atoms with van der Waals surface area (Å²) >= 11 is 0.928. The van der Waals surface area contributed by atoms with Gasteiger partial charge in [-0.05, 0) is 0 Å². The zero-order chi connectivity index (χ0) is 13.7. The summed E-state index contributed by atoms with van der Waals surface area (Å²) in [6.45, 7) is 1.21. The van der Waals surface area contributed by atoms with Crippen molar-refractivity contribution in [2.24, 2.45) is 0 Å². The SMILES string of the molecule is COC(=O)c1cnc(C(O)C(O)CNC(C)=O)s1. The van der Waals surface area contributed by atoms with Crippen molar-refractivity contribution in [3.05, 3.63) is 16.1 Å². The number of rotatable bonds is 5. The Bertz CT molecular complexity index is 434. The van der Waals surface area contributed by atoms with E-state index in [0.717, 1.165) is 11.3 Å². The quantitative estimate of drug-likeness (QED) is 0.622. The average molecular weight is 274 g/mol. The van der Waals surface area contributed by atoms with Crippen LogP contribution in [0.25, 0.3) is 0 Å². The third kappa shape index (κ3) is 3.76. The number of aliphatic hydroxyl groups is 2.